The zero-order chi connectivity index (χ0) is 22.8. The second-order valence-electron chi connectivity index (χ2n) is 5.86. The van der Waals surface area contributed by atoms with E-state index in [1.165, 1.54) is 0 Å². The maximum Gasteiger partial charge on any atom is 0.742 e. The van der Waals surface area contributed by atoms with Crippen molar-refractivity contribution in [2.24, 2.45) is 0 Å². The average Bonchev–Trinajstić information content (AvgIpc) is 2.63. The average molecular weight is 448 g/mol. The highest BCUT2D eigenvalue weighted by Gasteiger charge is 2.54. The van der Waals surface area contributed by atoms with Crippen LogP contribution in [-0.2, 0) is 27.7 Å². The lowest BCUT2D eigenvalue weighted by Gasteiger charge is -2.26. The number of carbonyl (C=O) groups is 3. The van der Waals surface area contributed by atoms with Crippen molar-refractivity contribution in [1.82, 2.24) is 0 Å². The molecule has 0 saturated carbocycles. The van der Waals surface area contributed by atoms with Crippen molar-refractivity contribution in [3.05, 3.63) is 53.4 Å². The Balaban J connectivity index is 2.78. The summed E-state index contributed by atoms with van der Waals surface area (Å²) in [6.07, 6.45) is 0. The molecule has 0 aliphatic heterocycles. The Hall–Kier alpha value is -3.28. The molecule has 160 valence electrons. The molecule has 0 bridgehead atoms. The van der Waals surface area contributed by atoms with Gasteiger partial charge in [0.15, 0.2) is 23.3 Å². The molecule has 0 unspecified atom stereocenters. The molecule has 0 atom stereocenters. The van der Waals surface area contributed by atoms with Gasteiger partial charge in [-0.1, -0.05) is 18.2 Å². The lowest BCUT2D eigenvalue weighted by molar-refractivity contribution is -0.146. The maximum absolute atomic E-state index is 14.2. The van der Waals surface area contributed by atoms with Gasteiger partial charge in [0.25, 0.3) is 17.9 Å². The predicted octanol–water partition coefficient (Wildman–Crippen LogP) is 2.88. The second-order valence-corrected chi connectivity index (χ2v) is 8.16. The van der Waals surface area contributed by atoms with Crippen molar-refractivity contribution in [3.63, 3.8) is 0 Å². The Morgan fingerprint density at radius 2 is 1.10 bits per heavy atom. The summed E-state index contributed by atoms with van der Waals surface area (Å²) >= 11 is 0. The smallest absolute Gasteiger partial charge is 0.452 e. The number of rotatable bonds is 5. The second kappa shape index (κ2) is 8.61. The van der Waals surface area contributed by atoms with Gasteiger partial charge in [0.05, 0.1) is 10.8 Å². The van der Waals surface area contributed by atoms with Crippen LogP contribution in [0.4, 0.5) is 22.0 Å². The van der Waals surface area contributed by atoms with Gasteiger partial charge in [0.2, 0.25) is 5.82 Å². The molecule has 0 aromatic heterocycles. The van der Waals surface area contributed by atoms with Gasteiger partial charge in [0, 0.05) is 20.8 Å². The Bertz CT molecular complexity index is 972. The van der Waals surface area contributed by atoms with Crippen LogP contribution < -0.4 is 5.19 Å². The zero-order valence-electron chi connectivity index (χ0n) is 15.6. The first-order valence-electron chi connectivity index (χ1n) is 8.10. The Kier molecular flexibility index (Phi) is 6.60. The monoisotopic (exact) mass is 448 g/mol. The highest BCUT2D eigenvalue weighted by atomic mass is 28.4. The van der Waals surface area contributed by atoms with Crippen LogP contribution in [0.2, 0.25) is 0 Å². The molecular weight excluding hydrogens is 435 g/mol. The molecule has 0 heterocycles. The first kappa shape index (κ1) is 23.0. The number of carbonyl (C=O) groups excluding carboxylic acids is 3. The van der Waals surface area contributed by atoms with E-state index in [1.807, 2.05) is 0 Å². The molecule has 0 amide bonds. The van der Waals surface area contributed by atoms with Gasteiger partial charge in [0.1, 0.15) is 0 Å². The van der Waals surface area contributed by atoms with Crippen LogP contribution in [0, 0.1) is 29.1 Å². The van der Waals surface area contributed by atoms with Gasteiger partial charge in [-0.2, -0.15) is 0 Å². The van der Waals surface area contributed by atoms with Crippen LogP contribution in [0.15, 0.2) is 24.3 Å². The van der Waals surface area contributed by atoms with Gasteiger partial charge >= 0.3 is 8.80 Å². The summed E-state index contributed by atoms with van der Waals surface area (Å²) in [5.41, 5.74) is -1.81. The number of halogens is 5. The standard InChI is InChI=1S/C18H13F5O6Si/c1-8(24)27-30(28-9(2)25,29-10(3)26)12-6-4-5-11(7-12)13-14(19)16(21)18(23)17(22)15(13)20/h4-7H,1-3H3. The van der Waals surface area contributed by atoms with Gasteiger partial charge in [-0.15, -0.1) is 0 Å². The maximum atomic E-state index is 14.2. The fourth-order valence-electron chi connectivity index (χ4n) is 2.53. The van der Waals surface area contributed by atoms with Crippen LogP contribution in [0.25, 0.3) is 11.1 Å². The highest BCUT2D eigenvalue weighted by molar-refractivity contribution is 6.79. The van der Waals surface area contributed by atoms with E-state index in [-0.39, 0.29) is 5.19 Å². The molecule has 2 aromatic rings. The SMILES string of the molecule is CC(=O)O[Si](OC(C)=O)(OC(C)=O)c1cccc(-c2c(F)c(F)c(F)c(F)c2F)c1. The zero-order valence-corrected chi connectivity index (χ0v) is 16.6. The van der Waals surface area contributed by atoms with Crippen molar-refractivity contribution >= 4 is 31.9 Å². The summed E-state index contributed by atoms with van der Waals surface area (Å²) < 4.78 is 83.8. The van der Waals surface area contributed by atoms with Crippen LogP contribution in [-0.4, -0.2) is 26.7 Å². The highest BCUT2D eigenvalue weighted by Crippen LogP contribution is 2.31. The summed E-state index contributed by atoms with van der Waals surface area (Å²) in [6, 6.07) is 4.06. The third kappa shape index (κ3) is 4.48. The lowest BCUT2D eigenvalue weighted by atomic mass is 10.0. The molecular formula is C18H13F5O6Si. The van der Waals surface area contributed by atoms with Gasteiger partial charge < -0.3 is 13.3 Å². The molecule has 2 rings (SSSR count). The van der Waals surface area contributed by atoms with Gasteiger partial charge in [-0.25, -0.2) is 22.0 Å². The van der Waals surface area contributed by atoms with Crippen molar-refractivity contribution in [3.8, 4) is 11.1 Å². The largest absolute Gasteiger partial charge is 0.742 e. The predicted molar refractivity (Wildman–Crippen MR) is 92.4 cm³/mol. The third-order valence-electron chi connectivity index (χ3n) is 3.55. The molecule has 0 radical (unpaired) electrons. The molecule has 0 aliphatic carbocycles. The summed E-state index contributed by atoms with van der Waals surface area (Å²) in [5.74, 6) is -14.0. The van der Waals surface area contributed by atoms with E-state index in [0.717, 1.165) is 45.0 Å². The van der Waals surface area contributed by atoms with E-state index >= 15 is 0 Å². The van der Waals surface area contributed by atoms with E-state index in [4.69, 9.17) is 13.3 Å². The minimum atomic E-state index is -4.65. The number of benzene rings is 2. The van der Waals surface area contributed by atoms with Crippen LogP contribution in [0.3, 0.4) is 0 Å². The molecule has 6 nitrogen and oxygen atoms in total. The Morgan fingerprint density at radius 1 is 0.700 bits per heavy atom. The van der Waals surface area contributed by atoms with Crippen molar-refractivity contribution < 1.29 is 49.6 Å². The number of hydrogen-bond donors (Lipinski definition) is 0. The van der Waals surface area contributed by atoms with Crippen molar-refractivity contribution in [2.45, 2.75) is 20.8 Å². The Labute approximate surface area is 167 Å². The fourth-order valence-corrected chi connectivity index (χ4v) is 4.78. The topological polar surface area (TPSA) is 78.9 Å². The third-order valence-corrected chi connectivity index (χ3v) is 6.24. The van der Waals surface area contributed by atoms with Gasteiger partial charge in [-0.3, -0.25) is 14.4 Å². The molecule has 0 aliphatic rings. The molecule has 0 saturated heterocycles. The minimum absolute atomic E-state index is 0.315. The molecule has 30 heavy (non-hydrogen) atoms. The van der Waals surface area contributed by atoms with E-state index in [2.05, 4.69) is 0 Å². The van der Waals surface area contributed by atoms with Gasteiger partial charge in [-0.05, 0) is 11.6 Å². The summed E-state index contributed by atoms with van der Waals surface area (Å²) in [5, 5.41) is -0.315. The van der Waals surface area contributed by atoms with Crippen LogP contribution >= 0.6 is 0 Å². The van der Waals surface area contributed by atoms with E-state index in [0.29, 0.717) is 0 Å². The van der Waals surface area contributed by atoms with E-state index in [1.54, 1.807) is 0 Å². The normalized spacial score (nSPS) is 11.1. The molecule has 0 fully saturated rings. The molecule has 2 aromatic carbocycles. The minimum Gasteiger partial charge on any atom is -0.452 e. The van der Waals surface area contributed by atoms with E-state index < -0.39 is 66.9 Å². The lowest BCUT2D eigenvalue weighted by Crippen LogP contribution is -2.59. The summed E-state index contributed by atoms with van der Waals surface area (Å²) in [4.78, 5) is 34.7. The molecule has 0 spiro atoms. The first-order valence-corrected chi connectivity index (χ1v) is 9.83. The number of hydrogen-bond acceptors (Lipinski definition) is 6. The van der Waals surface area contributed by atoms with Crippen LogP contribution in [0.1, 0.15) is 20.8 Å². The molecule has 0 N–H and O–H groups in total. The molecule has 12 heteroatoms. The summed E-state index contributed by atoms with van der Waals surface area (Å²) in [7, 11) is -4.65. The first-order chi connectivity index (χ1) is 13.9. The Morgan fingerprint density at radius 3 is 1.50 bits per heavy atom. The van der Waals surface area contributed by atoms with E-state index in [9.17, 15) is 36.3 Å². The quantitative estimate of drug-likeness (QED) is 0.303. The van der Waals surface area contributed by atoms with Crippen molar-refractivity contribution in [2.75, 3.05) is 0 Å². The van der Waals surface area contributed by atoms with Crippen molar-refractivity contribution in [1.29, 1.82) is 0 Å². The fraction of sp³-hybridized carbons (Fsp3) is 0.167. The summed E-state index contributed by atoms with van der Waals surface area (Å²) in [6.45, 7) is 2.76. The van der Waals surface area contributed by atoms with Crippen LogP contribution in [0.5, 0.6) is 0 Å².